The Bertz CT molecular complexity index is 1360. The molecular weight excluding hydrogens is 534 g/mol. The number of aliphatic imine (C=N–C) groups is 1. The number of ether oxygens (including phenoxy) is 1. The number of amidine groups is 1. The van der Waals surface area contributed by atoms with E-state index in [1.54, 1.807) is 17.5 Å². The molecule has 1 aromatic carbocycles. The average Bonchev–Trinajstić information content (AvgIpc) is 3.38. The Labute approximate surface area is 216 Å². The zero-order valence-corrected chi connectivity index (χ0v) is 22.4. The van der Waals surface area contributed by atoms with Crippen LogP contribution in [0.5, 0.6) is 5.75 Å². The number of urea groups is 1. The number of hydrogen-bond acceptors (Lipinski definition) is 8. The summed E-state index contributed by atoms with van der Waals surface area (Å²) in [7, 11) is -3.01. The molecule has 4 rings (SSSR count). The fraction of sp³-hybridized carbons (Fsp3) is 0.333. The topological polar surface area (TPSA) is 121 Å². The van der Waals surface area contributed by atoms with Gasteiger partial charge in [-0.05, 0) is 23.6 Å². The van der Waals surface area contributed by atoms with Gasteiger partial charge in [0, 0.05) is 23.4 Å². The van der Waals surface area contributed by atoms with Crippen LogP contribution in [0, 0.1) is 5.41 Å². The lowest BCUT2D eigenvalue weighted by Crippen LogP contribution is -2.48. The molecule has 1 N–H and O–H groups in total. The van der Waals surface area contributed by atoms with Crippen LogP contribution >= 0.6 is 34.7 Å². The van der Waals surface area contributed by atoms with E-state index in [0.29, 0.717) is 32.5 Å². The minimum atomic E-state index is -4.13. The van der Waals surface area contributed by atoms with Crippen molar-refractivity contribution < 1.29 is 22.7 Å². The average molecular weight is 556 g/mol. The number of anilines is 1. The van der Waals surface area contributed by atoms with Crippen molar-refractivity contribution in [2.24, 2.45) is 10.4 Å². The quantitative estimate of drug-likeness (QED) is 0.544. The lowest BCUT2D eigenvalue weighted by Gasteiger charge is -2.29. The van der Waals surface area contributed by atoms with Gasteiger partial charge in [-0.15, -0.1) is 11.3 Å². The summed E-state index contributed by atoms with van der Waals surface area (Å²) < 4.78 is 32.4. The largest absolute Gasteiger partial charge is 0.491 e. The normalized spacial score (nSPS) is 17.1. The summed E-state index contributed by atoms with van der Waals surface area (Å²) in [4.78, 5) is 32.5. The first kappa shape index (κ1) is 25.5. The maximum atomic E-state index is 12.6. The zero-order chi connectivity index (χ0) is 25.5. The maximum Gasteiger partial charge on any atom is 0.360 e. The van der Waals surface area contributed by atoms with Gasteiger partial charge >= 0.3 is 16.2 Å². The number of nitrogens with one attached hydrogen (secondary N) is 1. The van der Waals surface area contributed by atoms with Crippen LogP contribution in [0.1, 0.15) is 27.2 Å². The monoisotopic (exact) mass is 555 g/mol. The maximum absolute atomic E-state index is 12.6. The number of amides is 3. The molecule has 35 heavy (non-hydrogen) atoms. The van der Waals surface area contributed by atoms with Crippen LogP contribution in [0.3, 0.4) is 0 Å². The Morgan fingerprint density at radius 1 is 1.29 bits per heavy atom. The molecule has 10 nitrogen and oxygen atoms in total. The van der Waals surface area contributed by atoms with Gasteiger partial charge in [-0.25, -0.2) is 18.4 Å². The van der Waals surface area contributed by atoms with Gasteiger partial charge in [-0.1, -0.05) is 44.1 Å². The van der Waals surface area contributed by atoms with Crippen LogP contribution in [-0.2, 0) is 15.0 Å². The number of rotatable bonds is 6. The molecule has 14 heteroatoms. The highest BCUT2D eigenvalue weighted by molar-refractivity contribution is 8.17. The fourth-order valence-electron chi connectivity index (χ4n) is 3.01. The molecule has 2 aromatic rings. The predicted octanol–water partition coefficient (Wildman–Crippen LogP) is 4.77. The molecule has 0 atom stereocenters. The molecule has 186 valence electrons. The van der Waals surface area contributed by atoms with Crippen molar-refractivity contribution in [2.75, 3.05) is 19.0 Å². The molecule has 0 radical (unpaired) electrons. The van der Waals surface area contributed by atoms with Crippen LogP contribution in [0.15, 0.2) is 39.7 Å². The number of thiazole rings is 1. The molecule has 3 heterocycles. The number of carbonyl (C=O) groups excluding carboxylic acids is 2. The lowest BCUT2D eigenvalue weighted by molar-refractivity contribution is -0.115. The van der Waals surface area contributed by atoms with Gasteiger partial charge in [0.1, 0.15) is 5.75 Å². The minimum Gasteiger partial charge on any atom is -0.491 e. The summed E-state index contributed by atoms with van der Waals surface area (Å²) in [6.07, 6.45) is -0.242. The van der Waals surface area contributed by atoms with Crippen LogP contribution in [0.25, 0.3) is 11.3 Å². The second-order valence-electron chi connectivity index (χ2n) is 8.90. The molecule has 0 fully saturated rings. The SMILES string of the molecule is CN1C(=O)N=C2SC=C(CC(=O)Nc3nc(-c4ccc(OCC(C)(C)C)c(Cl)c4)cs3)N2S1(=O)=O. The first-order valence-electron chi connectivity index (χ1n) is 10.3. The molecule has 3 amide bonds. The molecule has 0 unspecified atom stereocenters. The third kappa shape index (κ3) is 5.47. The van der Waals surface area contributed by atoms with Crippen molar-refractivity contribution in [1.29, 1.82) is 0 Å². The molecule has 0 aliphatic carbocycles. The number of carbonyl (C=O) groups is 2. The minimum absolute atomic E-state index is 0.000704. The molecule has 2 aliphatic rings. The number of nitrogens with zero attached hydrogens (tertiary/aromatic N) is 4. The van der Waals surface area contributed by atoms with Gasteiger partial charge in [0.05, 0.1) is 29.4 Å². The van der Waals surface area contributed by atoms with Crippen LogP contribution < -0.4 is 10.1 Å². The summed E-state index contributed by atoms with van der Waals surface area (Å²) in [6, 6.07) is 4.49. The summed E-state index contributed by atoms with van der Waals surface area (Å²) >= 11 is 8.58. The van der Waals surface area contributed by atoms with E-state index < -0.39 is 22.1 Å². The molecule has 0 saturated carbocycles. The standard InChI is InChI=1S/C21H22ClN5O5S3/c1-21(2,3)11-32-16-6-5-12(7-14(16)22)15-10-33-18(23-15)24-17(28)8-13-9-34-20-25-19(29)26(4)35(30,31)27(13)20/h5-7,9-10H,8,11H2,1-4H3,(H,23,24,28). The van der Waals surface area contributed by atoms with Crippen molar-refractivity contribution in [2.45, 2.75) is 27.2 Å². The second-order valence-corrected chi connectivity index (χ2v) is 12.8. The second kappa shape index (κ2) is 9.45. The van der Waals surface area contributed by atoms with E-state index in [4.69, 9.17) is 16.3 Å². The molecule has 0 spiro atoms. The van der Waals surface area contributed by atoms with Gasteiger partial charge < -0.3 is 10.1 Å². The van der Waals surface area contributed by atoms with Crippen molar-refractivity contribution in [3.63, 3.8) is 0 Å². The predicted molar refractivity (Wildman–Crippen MR) is 138 cm³/mol. The number of thioether (sulfide) groups is 1. The van der Waals surface area contributed by atoms with E-state index in [1.165, 1.54) is 16.7 Å². The van der Waals surface area contributed by atoms with Gasteiger partial charge in [0.2, 0.25) is 5.91 Å². The van der Waals surface area contributed by atoms with Crippen molar-refractivity contribution in [3.05, 3.63) is 39.7 Å². The smallest absolute Gasteiger partial charge is 0.360 e. The Kier molecular flexibility index (Phi) is 6.88. The third-order valence-corrected chi connectivity index (χ3v) is 8.51. The van der Waals surface area contributed by atoms with E-state index in [1.807, 2.05) is 6.07 Å². The summed E-state index contributed by atoms with van der Waals surface area (Å²) in [6.45, 7) is 6.73. The highest BCUT2D eigenvalue weighted by Crippen LogP contribution is 2.36. The van der Waals surface area contributed by atoms with Crippen LogP contribution in [0.4, 0.5) is 9.93 Å². The summed E-state index contributed by atoms with van der Waals surface area (Å²) in [5, 5.41) is 6.76. The van der Waals surface area contributed by atoms with E-state index in [9.17, 15) is 18.0 Å². The van der Waals surface area contributed by atoms with E-state index >= 15 is 0 Å². The van der Waals surface area contributed by atoms with Gasteiger partial charge in [0.15, 0.2) is 10.3 Å². The summed E-state index contributed by atoms with van der Waals surface area (Å²) in [5.74, 6) is 0.123. The summed E-state index contributed by atoms with van der Waals surface area (Å²) in [5.41, 5.74) is 1.58. The highest BCUT2D eigenvalue weighted by atomic mass is 35.5. The van der Waals surface area contributed by atoms with Gasteiger partial charge in [-0.2, -0.15) is 13.4 Å². The number of benzene rings is 1. The molecule has 0 saturated heterocycles. The van der Waals surface area contributed by atoms with Crippen molar-refractivity contribution >= 4 is 67.1 Å². The first-order chi connectivity index (χ1) is 16.3. The molecule has 0 bridgehead atoms. The highest BCUT2D eigenvalue weighted by Gasteiger charge is 2.43. The Balaban J connectivity index is 1.42. The van der Waals surface area contributed by atoms with E-state index in [-0.39, 0.29) is 22.7 Å². The van der Waals surface area contributed by atoms with E-state index in [0.717, 1.165) is 28.7 Å². The Hall–Kier alpha value is -2.61. The van der Waals surface area contributed by atoms with Crippen molar-refractivity contribution in [1.82, 2.24) is 13.6 Å². The number of aromatic nitrogens is 1. The van der Waals surface area contributed by atoms with Crippen LogP contribution in [-0.4, -0.2) is 52.8 Å². The molecule has 2 aliphatic heterocycles. The molecule has 1 aromatic heterocycles. The third-order valence-electron chi connectivity index (χ3n) is 4.75. The first-order valence-corrected chi connectivity index (χ1v) is 13.8. The van der Waals surface area contributed by atoms with Crippen molar-refractivity contribution in [3.8, 4) is 17.0 Å². The number of fused-ring (bicyclic) bond motifs is 1. The fourth-order valence-corrected chi connectivity index (χ4v) is 6.37. The number of hydrogen-bond donors (Lipinski definition) is 1. The van der Waals surface area contributed by atoms with Crippen LogP contribution in [0.2, 0.25) is 5.02 Å². The molecular formula is C21H22ClN5O5S3. The van der Waals surface area contributed by atoms with E-state index in [2.05, 4.69) is 36.1 Å². The lowest BCUT2D eigenvalue weighted by atomic mass is 9.99. The number of halogens is 1. The van der Waals surface area contributed by atoms with Gasteiger partial charge in [-0.3, -0.25) is 4.79 Å². The Morgan fingerprint density at radius 2 is 2.03 bits per heavy atom. The zero-order valence-electron chi connectivity index (χ0n) is 19.2. The van der Waals surface area contributed by atoms with Gasteiger partial charge in [0.25, 0.3) is 0 Å². The Morgan fingerprint density at radius 3 is 2.71 bits per heavy atom.